The SMILES string of the molecule is CCCCCCC(C)NCCOCCO. The lowest BCUT2D eigenvalue weighted by molar-refractivity contribution is 0.0926. The molecule has 0 saturated carbocycles. The van der Waals surface area contributed by atoms with E-state index in [1.165, 1.54) is 32.1 Å². The number of unbranched alkanes of at least 4 members (excludes halogenated alkanes) is 3. The van der Waals surface area contributed by atoms with Crippen LogP contribution >= 0.6 is 0 Å². The third-order valence-electron chi connectivity index (χ3n) is 2.47. The van der Waals surface area contributed by atoms with Crippen molar-refractivity contribution in [1.29, 1.82) is 0 Å². The van der Waals surface area contributed by atoms with Crippen LogP contribution in [0.5, 0.6) is 0 Å². The first-order chi connectivity index (χ1) is 7.31. The van der Waals surface area contributed by atoms with Crippen LogP contribution < -0.4 is 5.32 Å². The molecule has 0 aliphatic rings. The number of hydrogen-bond acceptors (Lipinski definition) is 3. The van der Waals surface area contributed by atoms with Gasteiger partial charge in [-0.05, 0) is 13.3 Å². The second-order valence-corrected chi connectivity index (χ2v) is 4.04. The van der Waals surface area contributed by atoms with Crippen molar-refractivity contribution in [2.75, 3.05) is 26.4 Å². The van der Waals surface area contributed by atoms with Gasteiger partial charge in [0.25, 0.3) is 0 Å². The first kappa shape index (κ1) is 14.9. The Kier molecular flexibility index (Phi) is 11.9. The van der Waals surface area contributed by atoms with Gasteiger partial charge in [-0.2, -0.15) is 0 Å². The van der Waals surface area contributed by atoms with Gasteiger partial charge in [-0.3, -0.25) is 0 Å². The van der Waals surface area contributed by atoms with Crippen LogP contribution in [0.3, 0.4) is 0 Å². The number of hydrogen-bond donors (Lipinski definition) is 2. The molecule has 0 heterocycles. The number of aliphatic hydroxyl groups is 1. The lowest BCUT2D eigenvalue weighted by Crippen LogP contribution is -2.29. The van der Waals surface area contributed by atoms with Crippen LogP contribution in [-0.4, -0.2) is 37.5 Å². The van der Waals surface area contributed by atoms with Gasteiger partial charge in [-0.25, -0.2) is 0 Å². The molecule has 1 atom stereocenters. The van der Waals surface area contributed by atoms with Crippen molar-refractivity contribution in [3.05, 3.63) is 0 Å². The monoisotopic (exact) mass is 217 g/mol. The highest BCUT2D eigenvalue weighted by molar-refractivity contribution is 4.60. The van der Waals surface area contributed by atoms with Crippen LogP contribution in [0.4, 0.5) is 0 Å². The average molecular weight is 217 g/mol. The minimum absolute atomic E-state index is 0.118. The van der Waals surface area contributed by atoms with Gasteiger partial charge in [0.2, 0.25) is 0 Å². The van der Waals surface area contributed by atoms with Crippen LogP contribution in [0.15, 0.2) is 0 Å². The Hall–Kier alpha value is -0.120. The molecule has 0 radical (unpaired) electrons. The number of aliphatic hydroxyl groups excluding tert-OH is 1. The molecule has 0 aromatic heterocycles. The summed E-state index contributed by atoms with van der Waals surface area (Å²) in [4.78, 5) is 0. The van der Waals surface area contributed by atoms with E-state index in [1.54, 1.807) is 0 Å². The van der Waals surface area contributed by atoms with Gasteiger partial charge in [0, 0.05) is 12.6 Å². The van der Waals surface area contributed by atoms with Gasteiger partial charge in [-0.15, -0.1) is 0 Å². The van der Waals surface area contributed by atoms with Crippen LogP contribution in [0.25, 0.3) is 0 Å². The van der Waals surface area contributed by atoms with Crippen molar-refractivity contribution < 1.29 is 9.84 Å². The van der Waals surface area contributed by atoms with Crippen LogP contribution in [0.1, 0.15) is 46.0 Å². The molecule has 15 heavy (non-hydrogen) atoms. The maximum absolute atomic E-state index is 8.50. The van der Waals surface area contributed by atoms with E-state index in [4.69, 9.17) is 9.84 Å². The van der Waals surface area contributed by atoms with E-state index in [2.05, 4.69) is 19.2 Å². The standard InChI is InChI=1S/C12H27NO2/c1-3-4-5-6-7-12(2)13-8-10-15-11-9-14/h12-14H,3-11H2,1-2H3. The van der Waals surface area contributed by atoms with E-state index in [9.17, 15) is 0 Å². The van der Waals surface area contributed by atoms with E-state index in [1.807, 2.05) is 0 Å². The van der Waals surface area contributed by atoms with Crippen LogP contribution in [0, 0.1) is 0 Å². The molecule has 0 aromatic carbocycles. The summed E-state index contributed by atoms with van der Waals surface area (Å²) in [5.41, 5.74) is 0. The molecular formula is C12H27NO2. The summed E-state index contributed by atoms with van der Waals surface area (Å²) in [5, 5.41) is 11.9. The molecule has 3 heteroatoms. The molecule has 0 aromatic rings. The largest absolute Gasteiger partial charge is 0.394 e. The van der Waals surface area contributed by atoms with Gasteiger partial charge in [0.15, 0.2) is 0 Å². The molecule has 0 spiro atoms. The van der Waals surface area contributed by atoms with Gasteiger partial charge in [0.1, 0.15) is 0 Å². The van der Waals surface area contributed by atoms with Gasteiger partial charge >= 0.3 is 0 Å². The highest BCUT2D eigenvalue weighted by atomic mass is 16.5. The quantitative estimate of drug-likeness (QED) is 0.520. The summed E-state index contributed by atoms with van der Waals surface area (Å²) in [7, 11) is 0. The molecule has 0 bridgehead atoms. The van der Waals surface area contributed by atoms with Gasteiger partial charge in [0.05, 0.1) is 19.8 Å². The zero-order valence-electron chi connectivity index (χ0n) is 10.3. The Morgan fingerprint density at radius 2 is 2.00 bits per heavy atom. The van der Waals surface area contributed by atoms with Crippen molar-refractivity contribution in [3.63, 3.8) is 0 Å². The summed E-state index contributed by atoms with van der Waals surface area (Å²) >= 11 is 0. The maximum Gasteiger partial charge on any atom is 0.0698 e. The molecule has 0 amide bonds. The third kappa shape index (κ3) is 11.8. The lowest BCUT2D eigenvalue weighted by Gasteiger charge is -2.13. The van der Waals surface area contributed by atoms with Gasteiger partial charge in [-0.1, -0.05) is 32.6 Å². The predicted octanol–water partition coefficient (Wildman–Crippen LogP) is 1.94. The minimum Gasteiger partial charge on any atom is -0.394 e. The molecule has 0 aliphatic heterocycles. The second-order valence-electron chi connectivity index (χ2n) is 4.04. The zero-order valence-corrected chi connectivity index (χ0v) is 10.3. The average Bonchev–Trinajstić information content (AvgIpc) is 2.24. The summed E-state index contributed by atoms with van der Waals surface area (Å²) in [6.07, 6.45) is 6.58. The lowest BCUT2D eigenvalue weighted by atomic mass is 10.1. The van der Waals surface area contributed by atoms with Crippen LogP contribution in [0.2, 0.25) is 0 Å². The minimum atomic E-state index is 0.118. The van der Waals surface area contributed by atoms with E-state index in [0.29, 0.717) is 19.3 Å². The molecular weight excluding hydrogens is 190 g/mol. The predicted molar refractivity (Wildman–Crippen MR) is 64.1 cm³/mol. The Morgan fingerprint density at radius 1 is 1.20 bits per heavy atom. The van der Waals surface area contributed by atoms with Crippen molar-refractivity contribution in [3.8, 4) is 0 Å². The van der Waals surface area contributed by atoms with E-state index >= 15 is 0 Å². The third-order valence-corrected chi connectivity index (χ3v) is 2.47. The first-order valence-electron chi connectivity index (χ1n) is 6.23. The molecule has 0 rings (SSSR count). The van der Waals surface area contributed by atoms with Gasteiger partial charge < -0.3 is 15.2 Å². The molecule has 1 unspecified atom stereocenters. The molecule has 2 N–H and O–H groups in total. The molecule has 0 aliphatic carbocycles. The Morgan fingerprint density at radius 3 is 2.67 bits per heavy atom. The summed E-state index contributed by atoms with van der Waals surface area (Å²) in [5.74, 6) is 0. The van der Waals surface area contributed by atoms with Crippen LogP contribution in [-0.2, 0) is 4.74 Å². The Labute approximate surface area is 94.2 Å². The summed E-state index contributed by atoms with van der Waals surface area (Å²) in [6, 6.07) is 0.583. The molecule has 92 valence electrons. The van der Waals surface area contributed by atoms with Crippen molar-refractivity contribution in [1.82, 2.24) is 5.32 Å². The van der Waals surface area contributed by atoms with Crippen molar-refractivity contribution in [2.45, 2.75) is 52.0 Å². The summed E-state index contributed by atoms with van der Waals surface area (Å²) < 4.78 is 5.16. The van der Waals surface area contributed by atoms with E-state index in [-0.39, 0.29) is 6.61 Å². The number of rotatable bonds is 11. The van der Waals surface area contributed by atoms with E-state index < -0.39 is 0 Å². The zero-order chi connectivity index (χ0) is 11.4. The fourth-order valence-corrected chi connectivity index (χ4v) is 1.52. The fourth-order valence-electron chi connectivity index (χ4n) is 1.52. The highest BCUT2D eigenvalue weighted by Crippen LogP contribution is 2.04. The first-order valence-corrected chi connectivity index (χ1v) is 6.23. The summed E-state index contributed by atoms with van der Waals surface area (Å²) in [6.45, 7) is 6.60. The topological polar surface area (TPSA) is 41.5 Å². The number of nitrogens with one attached hydrogen (secondary N) is 1. The Balaban J connectivity index is 3.08. The smallest absolute Gasteiger partial charge is 0.0698 e. The normalized spacial score (nSPS) is 13.0. The molecule has 3 nitrogen and oxygen atoms in total. The number of ether oxygens (including phenoxy) is 1. The molecule has 0 fully saturated rings. The van der Waals surface area contributed by atoms with E-state index in [0.717, 1.165) is 6.54 Å². The van der Waals surface area contributed by atoms with Crippen molar-refractivity contribution >= 4 is 0 Å². The molecule has 0 saturated heterocycles. The fraction of sp³-hybridized carbons (Fsp3) is 1.00. The maximum atomic E-state index is 8.50. The second kappa shape index (κ2) is 12.0. The Bertz CT molecular complexity index is 120. The highest BCUT2D eigenvalue weighted by Gasteiger charge is 1.99. The van der Waals surface area contributed by atoms with Crippen molar-refractivity contribution in [2.24, 2.45) is 0 Å².